The molecule has 0 aliphatic carbocycles. The van der Waals surface area contributed by atoms with E-state index >= 15 is 0 Å². The molecule has 148 valence electrons. The van der Waals surface area contributed by atoms with Crippen molar-refractivity contribution in [1.29, 1.82) is 0 Å². The molecule has 2 aromatic rings. The maximum atomic E-state index is 13.7. The van der Waals surface area contributed by atoms with Gasteiger partial charge >= 0.3 is 0 Å². The van der Waals surface area contributed by atoms with Crippen molar-refractivity contribution in [2.24, 2.45) is 0 Å². The summed E-state index contributed by atoms with van der Waals surface area (Å²) in [5, 5.41) is 0. The number of nitrogens with zero attached hydrogens (tertiary/aromatic N) is 1. The van der Waals surface area contributed by atoms with Crippen LogP contribution in [-0.4, -0.2) is 49.5 Å². The van der Waals surface area contributed by atoms with Crippen LogP contribution in [0.4, 0.5) is 8.78 Å². The monoisotopic (exact) mass is 407 g/mol. The zero-order valence-electron chi connectivity index (χ0n) is 15.2. The van der Waals surface area contributed by atoms with Gasteiger partial charge in [0.25, 0.3) is 0 Å². The van der Waals surface area contributed by atoms with Crippen LogP contribution in [0, 0.1) is 11.6 Å². The zero-order valence-corrected chi connectivity index (χ0v) is 16.1. The summed E-state index contributed by atoms with van der Waals surface area (Å²) < 4.78 is 37.4. The van der Waals surface area contributed by atoms with E-state index in [2.05, 4.69) is 0 Å². The molecule has 1 amide bonds. The molecule has 2 aliphatic heterocycles. The number of fused-ring (bicyclic) bond motifs is 1. The Morgan fingerprint density at radius 1 is 1.07 bits per heavy atom. The SMILES string of the molecule is O=C(CSc1ccc(F)cc1F)N1CC[NH+](Cc2ccc3c(c2)OCO3)CC1. The zero-order chi connectivity index (χ0) is 19.5. The number of carbonyl (C=O) groups excluding carboxylic acids is 1. The molecule has 1 N–H and O–H groups in total. The van der Waals surface area contributed by atoms with Gasteiger partial charge in [0, 0.05) is 16.5 Å². The largest absolute Gasteiger partial charge is 0.454 e. The smallest absolute Gasteiger partial charge is 0.233 e. The van der Waals surface area contributed by atoms with Crippen molar-refractivity contribution in [1.82, 2.24) is 4.90 Å². The van der Waals surface area contributed by atoms with Crippen LogP contribution in [0.1, 0.15) is 5.56 Å². The Labute approximate surface area is 166 Å². The number of amides is 1. The Morgan fingerprint density at radius 3 is 2.64 bits per heavy atom. The van der Waals surface area contributed by atoms with Gasteiger partial charge in [-0.2, -0.15) is 0 Å². The number of rotatable bonds is 5. The first-order valence-corrected chi connectivity index (χ1v) is 10.1. The Balaban J connectivity index is 1.25. The number of benzene rings is 2. The molecule has 4 rings (SSSR count). The van der Waals surface area contributed by atoms with Crippen molar-refractivity contribution in [2.75, 3.05) is 38.7 Å². The van der Waals surface area contributed by atoms with Gasteiger partial charge in [-0.05, 0) is 30.3 Å². The number of hydrogen-bond acceptors (Lipinski definition) is 4. The van der Waals surface area contributed by atoms with Crippen LogP contribution in [-0.2, 0) is 11.3 Å². The number of halogens is 2. The quantitative estimate of drug-likeness (QED) is 0.767. The molecule has 8 heteroatoms. The van der Waals surface area contributed by atoms with E-state index in [4.69, 9.17) is 9.47 Å². The van der Waals surface area contributed by atoms with Crippen LogP contribution in [0.15, 0.2) is 41.3 Å². The Kier molecular flexibility index (Phi) is 5.68. The third kappa shape index (κ3) is 4.39. The van der Waals surface area contributed by atoms with E-state index in [1.807, 2.05) is 23.1 Å². The van der Waals surface area contributed by atoms with Gasteiger partial charge in [0.2, 0.25) is 12.7 Å². The van der Waals surface area contributed by atoms with Gasteiger partial charge in [-0.15, -0.1) is 11.8 Å². The minimum Gasteiger partial charge on any atom is -0.454 e. The normalized spacial score (nSPS) is 16.4. The minimum absolute atomic E-state index is 0.0177. The highest BCUT2D eigenvalue weighted by atomic mass is 32.2. The standard InChI is InChI=1S/C20H20F2N2O3S/c21-15-2-4-19(16(22)10-15)28-12-20(25)24-7-5-23(6-8-24)11-14-1-3-17-18(9-14)27-13-26-17/h1-4,9-10H,5-8,11-13H2/p+1. The lowest BCUT2D eigenvalue weighted by Crippen LogP contribution is -3.13. The molecule has 0 saturated carbocycles. The maximum Gasteiger partial charge on any atom is 0.233 e. The molecule has 28 heavy (non-hydrogen) atoms. The first kappa shape index (κ1) is 19.0. The summed E-state index contributed by atoms with van der Waals surface area (Å²) in [7, 11) is 0. The average molecular weight is 407 g/mol. The molecule has 0 aromatic heterocycles. The van der Waals surface area contributed by atoms with Crippen molar-refractivity contribution in [2.45, 2.75) is 11.4 Å². The van der Waals surface area contributed by atoms with Gasteiger partial charge in [0.05, 0.1) is 31.9 Å². The summed E-state index contributed by atoms with van der Waals surface area (Å²) in [5.74, 6) is 0.460. The van der Waals surface area contributed by atoms with Crippen molar-refractivity contribution >= 4 is 17.7 Å². The summed E-state index contributed by atoms with van der Waals surface area (Å²) in [6.07, 6.45) is 0. The molecule has 0 bridgehead atoms. The number of hydrogen-bond donors (Lipinski definition) is 1. The Hall–Kier alpha value is -2.32. The van der Waals surface area contributed by atoms with Gasteiger partial charge in [-0.3, -0.25) is 4.79 Å². The molecule has 2 aromatic carbocycles. The molecular weight excluding hydrogens is 386 g/mol. The lowest BCUT2D eigenvalue weighted by atomic mass is 10.1. The molecule has 0 atom stereocenters. The number of nitrogens with one attached hydrogen (secondary N) is 1. The van der Waals surface area contributed by atoms with Crippen molar-refractivity contribution in [3.05, 3.63) is 53.6 Å². The molecule has 1 saturated heterocycles. The highest BCUT2D eigenvalue weighted by molar-refractivity contribution is 8.00. The summed E-state index contributed by atoms with van der Waals surface area (Å²) in [4.78, 5) is 15.9. The Bertz CT molecular complexity index is 873. The first-order chi connectivity index (χ1) is 13.6. The molecule has 2 heterocycles. The second-order valence-electron chi connectivity index (χ2n) is 6.86. The van der Waals surface area contributed by atoms with E-state index < -0.39 is 11.6 Å². The van der Waals surface area contributed by atoms with Gasteiger partial charge in [-0.1, -0.05) is 0 Å². The topological polar surface area (TPSA) is 43.2 Å². The minimum atomic E-state index is -0.629. The van der Waals surface area contributed by atoms with E-state index in [0.717, 1.165) is 49.0 Å². The number of ether oxygens (including phenoxy) is 2. The van der Waals surface area contributed by atoms with Crippen molar-refractivity contribution in [3.8, 4) is 11.5 Å². The molecule has 5 nitrogen and oxygen atoms in total. The second kappa shape index (κ2) is 8.36. The lowest BCUT2D eigenvalue weighted by molar-refractivity contribution is -0.917. The van der Waals surface area contributed by atoms with Crippen LogP contribution in [0.5, 0.6) is 11.5 Å². The van der Waals surface area contributed by atoms with Gasteiger partial charge in [0.1, 0.15) is 18.2 Å². The molecule has 0 radical (unpaired) electrons. The highest BCUT2D eigenvalue weighted by Crippen LogP contribution is 2.32. The van der Waals surface area contributed by atoms with Crippen LogP contribution in [0.2, 0.25) is 0 Å². The Morgan fingerprint density at radius 2 is 1.86 bits per heavy atom. The van der Waals surface area contributed by atoms with E-state index in [1.54, 1.807) is 0 Å². The fraction of sp³-hybridized carbons (Fsp3) is 0.350. The molecule has 2 aliphatic rings. The average Bonchev–Trinajstić information content (AvgIpc) is 3.15. The van der Waals surface area contributed by atoms with Crippen LogP contribution >= 0.6 is 11.8 Å². The third-order valence-corrected chi connectivity index (χ3v) is 5.99. The number of quaternary nitrogens is 1. The van der Waals surface area contributed by atoms with Gasteiger partial charge in [0.15, 0.2) is 11.5 Å². The van der Waals surface area contributed by atoms with Gasteiger partial charge < -0.3 is 19.3 Å². The van der Waals surface area contributed by atoms with Crippen LogP contribution in [0.25, 0.3) is 0 Å². The van der Waals surface area contributed by atoms with Crippen LogP contribution in [0.3, 0.4) is 0 Å². The molecule has 0 spiro atoms. The second-order valence-corrected chi connectivity index (χ2v) is 7.88. The summed E-state index contributed by atoms with van der Waals surface area (Å²) >= 11 is 1.11. The summed E-state index contributed by atoms with van der Waals surface area (Å²) in [5.41, 5.74) is 1.18. The van der Waals surface area contributed by atoms with E-state index in [9.17, 15) is 13.6 Å². The van der Waals surface area contributed by atoms with Crippen molar-refractivity contribution in [3.63, 3.8) is 0 Å². The number of thioether (sulfide) groups is 1. The highest BCUT2D eigenvalue weighted by Gasteiger charge is 2.24. The fourth-order valence-corrected chi connectivity index (χ4v) is 4.23. The lowest BCUT2D eigenvalue weighted by Gasteiger charge is -2.32. The summed E-state index contributed by atoms with van der Waals surface area (Å²) in [6, 6.07) is 9.41. The van der Waals surface area contributed by atoms with E-state index in [-0.39, 0.29) is 18.5 Å². The van der Waals surface area contributed by atoms with E-state index in [1.165, 1.54) is 22.6 Å². The third-order valence-electron chi connectivity index (χ3n) is 4.96. The van der Waals surface area contributed by atoms with Gasteiger partial charge in [-0.25, -0.2) is 8.78 Å². The summed E-state index contributed by atoms with van der Waals surface area (Å²) in [6.45, 7) is 4.20. The molecule has 1 fully saturated rings. The predicted molar refractivity (Wildman–Crippen MR) is 101 cm³/mol. The molecule has 0 unspecified atom stereocenters. The van der Waals surface area contributed by atoms with Crippen molar-refractivity contribution < 1.29 is 27.9 Å². The predicted octanol–water partition coefficient (Wildman–Crippen LogP) is 1.71. The van der Waals surface area contributed by atoms with Crippen LogP contribution < -0.4 is 14.4 Å². The number of carbonyl (C=O) groups is 1. The first-order valence-electron chi connectivity index (χ1n) is 9.16. The number of piperazine rings is 1. The van der Waals surface area contributed by atoms with E-state index in [0.29, 0.717) is 18.0 Å². The fourth-order valence-electron chi connectivity index (χ4n) is 3.41. The molecular formula is C20H21F2N2O3S+. The maximum absolute atomic E-state index is 13.7.